The molecular weight excluding hydrogens is 345 g/mol. The Morgan fingerprint density at radius 2 is 2.00 bits per heavy atom. The van der Waals surface area contributed by atoms with E-state index in [1.807, 2.05) is 52.8 Å². The van der Waals surface area contributed by atoms with Crippen molar-refractivity contribution in [2.75, 3.05) is 7.11 Å². The Balaban J connectivity index is 0.00000162. The highest BCUT2D eigenvalue weighted by Gasteiger charge is 2.14. The van der Waals surface area contributed by atoms with Crippen molar-refractivity contribution in [3.63, 3.8) is 0 Å². The van der Waals surface area contributed by atoms with Crippen molar-refractivity contribution < 1.29 is 38.5 Å². The molecule has 2 aromatic rings. The number of aromatic nitrogens is 2. The van der Waals surface area contributed by atoms with Crippen LogP contribution < -0.4 is 33.3 Å². The van der Waals surface area contributed by atoms with Crippen LogP contribution in [-0.4, -0.2) is 23.1 Å². The predicted molar refractivity (Wildman–Crippen MR) is 62.9 cm³/mol. The maximum absolute atomic E-state index is 8.64. The fourth-order valence-corrected chi connectivity index (χ4v) is 1.66. The zero-order valence-electron chi connectivity index (χ0n) is 10.1. The Morgan fingerprint density at radius 1 is 1.33 bits per heavy atom. The van der Waals surface area contributed by atoms with E-state index < -0.39 is 0 Å². The van der Waals surface area contributed by atoms with E-state index in [9.17, 15) is 0 Å². The molecule has 0 bridgehead atoms. The number of ether oxygens (including phenoxy) is 1. The molecule has 0 aliphatic carbocycles. The van der Waals surface area contributed by atoms with Gasteiger partial charge in [-0.1, -0.05) is 5.16 Å². The molecule has 0 aliphatic rings. The maximum Gasteiger partial charge on any atom is 0.308 e. The van der Waals surface area contributed by atoms with Crippen LogP contribution in [0.1, 0.15) is 5.82 Å². The van der Waals surface area contributed by atoms with Gasteiger partial charge in [0.05, 0.1) is 14.2 Å². The predicted octanol–water partition coefficient (Wildman–Crippen LogP) is -1.88. The van der Waals surface area contributed by atoms with Gasteiger partial charge in [-0.3, -0.25) is 0 Å². The minimum absolute atomic E-state index is 0. The van der Waals surface area contributed by atoms with E-state index >= 15 is 0 Å². The number of methoxy groups -OCH3 is 1. The highest BCUT2D eigenvalue weighted by Crippen LogP contribution is 2.15. The lowest BCUT2D eigenvalue weighted by atomic mass is 10.3. The molecule has 18 heavy (non-hydrogen) atoms. The fraction of sp³-hybridized carbons (Fsp3) is 0.167. The Labute approximate surface area is 122 Å². The summed E-state index contributed by atoms with van der Waals surface area (Å²) >= 11 is 0. The van der Waals surface area contributed by atoms with E-state index in [0.717, 1.165) is 17.3 Å². The van der Waals surface area contributed by atoms with Crippen molar-refractivity contribution in [3.8, 4) is 11.4 Å². The summed E-state index contributed by atoms with van der Waals surface area (Å²) in [6.07, 6.45) is 5.18. The van der Waals surface area contributed by atoms with Gasteiger partial charge in [-0.2, -0.15) is 4.57 Å². The maximum atomic E-state index is 8.64. The summed E-state index contributed by atoms with van der Waals surface area (Å²) < 4.78 is 8.89. The van der Waals surface area contributed by atoms with Crippen molar-refractivity contribution in [2.45, 2.75) is 0 Å². The van der Waals surface area contributed by atoms with Crippen LogP contribution in [0.15, 0.2) is 41.8 Å². The van der Waals surface area contributed by atoms with Crippen LogP contribution in [0.25, 0.3) is 5.69 Å². The standard InChI is InChI=1S/C12H13N3O2.HI/c1-14-7-8-15(12(14)9-13-16)10-3-5-11(17-2)6-4-10;/h3-9H,1-2H3;1H. The molecule has 0 fully saturated rings. The number of oxime groups is 1. The van der Waals surface area contributed by atoms with Gasteiger partial charge in [0, 0.05) is 0 Å². The van der Waals surface area contributed by atoms with Crippen LogP contribution in [0.4, 0.5) is 0 Å². The minimum atomic E-state index is 0. The molecule has 96 valence electrons. The van der Waals surface area contributed by atoms with Crippen LogP contribution in [-0.2, 0) is 7.05 Å². The van der Waals surface area contributed by atoms with E-state index in [2.05, 4.69) is 5.16 Å². The average molecular weight is 359 g/mol. The fourth-order valence-electron chi connectivity index (χ4n) is 1.66. The van der Waals surface area contributed by atoms with E-state index in [1.165, 1.54) is 6.21 Å². The molecule has 0 unspecified atom stereocenters. The Bertz CT molecular complexity index is 535. The van der Waals surface area contributed by atoms with Crippen molar-refractivity contribution in [3.05, 3.63) is 42.5 Å². The summed E-state index contributed by atoms with van der Waals surface area (Å²) in [6.45, 7) is 0. The van der Waals surface area contributed by atoms with Gasteiger partial charge in [0.1, 0.15) is 23.8 Å². The smallest absolute Gasteiger partial charge is 0.308 e. The zero-order chi connectivity index (χ0) is 12.3. The molecule has 6 heteroatoms. The Kier molecular flexibility index (Phi) is 5.14. The van der Waals surface area contributed by atoms with Crippen LogP contribution in [0.3, 0.4) is 0 Å². The normalized spacial score (nSPS) is 10.3. The van der Waals surface area contributed by atoms with Gasteiger partial charge in [-0.05, 0) is 24.3 Å². The van der Waals surface area contributed by atoms with Crippen LogP contribution >= 0.6 is 0 Å². The van der Waals surface area contributed by atoms with Crippen LogP contribution in [0, 0.1) is 0 Å². The lowest BCUT2D eigenvalue weighted by molar-refractivity contribution is -0.671. The van der Waals surface area contributed by atoms with Gasteiger partial charge >= 0.3 is 5.82 Å². The molecule has 1 aromatic heterocycles. The third-order valence-corrected chi connectivity index (χ3v) is 2.57. The third-order valence-electron chi connectivity index (χ3n) is 2.57. The molecule has 0 spiro atoms. The summed E-state index contributed by atoms with van der Waals surface area (Å²) in [7, 11) is 3.52. The molecule has 0 amide bonds. The van der Waals surface area contributed by atoms with E-state index in [1.54, 1.807) is 7.11 Å². The number of hydrogen-bond donors (Lipinski definition) is 1. The zero-order valence-corrected chi connectivity index (χ0v) is 12.3. The van der Waals surface area contributed by atoms with Crippen molar-refractivity contribution in [2.24, 2.45) is 12.2 Å². The first-order valence-corrected chi connectivity index (χ1v) is 5.15. The van der Waals surface area contributed by atoms with E-state index in [0.29, 0.717) is 0 Å². The summed E-state index contributed by atoms with van der Waals surface area (Å²) in [5, 5.41) is 11.7. The van der Waals surface area contributed by atoms with Crippen LogP contribution in [0.2, 0.25) is 0 Å². The first-order chi connectivity index (χ1) is 8.26. The molecule has 0 atom stereocenters. The second-order valence-corrected chi connectivity index (χ2v) is 3.58. The molecule has 0 aliphatic heterocycles. The Morgan fingerprint density at radius 3 is 2.56 bits per heavy atom. The van der Waals surface area contributed by atoms with Gasteiger partial charge in [-0.25, -0.2) is 4.57 Å². The van der Waals surface area contributed by atoms with Gasteiger partial charge < -0.3 is 33.9 Å². The molecule has 0 radical (unpaired) electrons. The number of rotatable bonds is 3. The molecule has 2 rings (SSSR count). The summed E-state index contributed by atoms with van der Waals surface area (Å²) in [6, 6.07) is 7.64. The molecule has 0 saturated heterocycles. The second-order valence-electron chi connectivity index (χ2n) is 3.58. The number of imidazole rings is 1. The largest absolute Gasteiger partial charge is 1.00 e. The number of aryl methyl sites for hydroxylation is 1. The minimum Gasteiger partial charge on any atom is -1.00 e. The van der Waals surface area contributed by atoms with Crippen molar-refractivity contribution >= 4 is 6.21 Å². The lowest BCUT2D eigenvalue weighted by Crippen LogP contribution is -3.00. The second kappa shape index (κ2) is 6.39. The highest BCUT2D eigenvalue weighted by molar-refractivity contribution is 5.73. The topological polar surface area (TPSA) is 50.6 Å². The molecule has 5 nitrogen and oxygen atoms in total. The summed E-state index contributed by atoms with van der Waals surface area (Å²) in [5.74, 6) is 1.58. The van der Waals surface area contributed by atoms with Crippen molar-refractivity contribution in [1.82, 2.24) is 4.57 Å². The molecule has 1 N–H and O–H groups in total. The van der Waals surface area contributed by atoms with Crippen LogP contribution in [0.5, 0.6) is 5.75 Å². The summed E-state index contributed by atoms with van der Waals surface area (Å²) in [4.78, 5) is 0. The number of nitrogens with zero attached hydrogens (tertiary/aromatic N) is 3. The molecule has 0 saturated carbocycles. The molecule has 1 heterocycles. The first kappa shape index (κ1) is 14.5. The lowest BCUT2D eigenvalue weighted by Gasteiger charge is -2.01. The third kappa shape index (κ3) is 2.81. The van der Waals surface area contributed by atoms with Gasteiger partial charge in [0.2, 0.25) is 0 Å². The van der Waals surface area contributed by atoms with Gasteiger partial charge in [0.15, 0.2) is 6.21 Å². The highest BCUT2D eigenvalue weighted by atomic mass is 127. The summed E-state index contributed by atoms with van der Waals surface area (Å²) in [5.41, 5.74) is 0.973. The number of benzene rings is 1. The first-order valence-electron chi connectivity index (χ1n) is 5.15. The van der Waals surface area contributed by atoms with Gasteiger partial charge in [0.25, 0.3) is 0 Å². The average Bonchev–Trinajstić information content (AvgIpc) is 2.72. The SMILES string of the molecule is COc1ccc(-n2cc[n+](C)c2C=NO)cc1.[I-]. The van der Waals surface area contributed by atoms with E-state index in [4.69, 9.17) is 9.94 Å². The van der Waals surface area contributed by atoms with Crippen molar-refractivity contribution in [1.29, 1.82) is 0 Å². The monoisotopic (exact) mass is 359 g/mol. The van der Waals surface area contributed by atoms with Gasteiger partial charge in [-0.15, -0.1) is 0 Å². The Hall–Kier alpha value is -1.57. The molecular formula is C12H14IN3O2. The quantitative estimate of drug-likeness (QED) is 0.229. The molecule has 1 aromatic carbocycles. The number of hydrogen-bond acceptors (Lipinski definition) is 3. The number of halogens is 1. The van der Waals surface area contributed by atoms with E-state index in [-0.39, 0.29) is 24.0 Å².